The summed E-state index contributed by atoms with van der Waals surface area (Å²) in [6, 6.07) is 0.294. The van der Waals surface area contributed by atoms with Crippen LogP contribution < -0.4 is 5.73 Å². The average molecular weight is 226 g/mol. The minimum atomic E-state index is -0.774. The van der Waals surface area contributed by atoms with Crippen molar-refractivity contribution in [2.75, 3.05) is 0 Å². The predicted molar refractivity (Wildman–Crippen MR) is 62.3 cm³/mol. The molecule has 0 aromatic rings. The maximum Gasteiger partial charge on any atom is 0.408 e. The van der Waals surface area contributed by atoms with E-state index in [0.29, 0.717) is 0 Å². The number of nitrogens with two attached hydrogens (primary N) is 1. The molecule has 1 amide bonds. The van der Waals surface area contributed by atoms with E-state index in [1.54, 1.807) is 4.90 Å². The Morgan fingerprint density at radius 2 is 2.12 bits per heavy atom. The lowest BCUT2D eigenvalue weighted by atomic mass is 9.67. The van der Waals surface area contributed by atoms with Crippen molar-refractivity contribution in [3.8, 4) is 0 Å². The van der Waals surface area contributed by atoms with Gasteiger partial charge in [-0.3, -0.25) is 4.90 Å². The molecule has 2 aliphatic heterocycles. The predicted octanol–water partition coefficient (Wildman–Crippen LogP) is 2.03. The van der Waals surface area contributed by atoms with Crippen LogP contribution in [0.2, 0.25) is 0 Å². The zero-order valence-electron chi connectivity index (χ0n) is 10.4. The molecule has 0 aromatic heterocycles. The van der Waals surface area contributed by atoms with Crippen molar-refractivity contribution < 1.29 is 9.90 Å². The van der Waals surface area contributed by atoms with Crippen LogP contribution in [0, 0.1) is 5.41 Å². The standard InChI is InChI=1S/C12H22N2O2/c1-11(2,3)12-5-4-9(6-8(13)7-12)14(12)10(15)16/h8-9H,4-7,13H2,1-3H3,(H,15,16)/t8-,9-,12+/m0/s1. The number of rotatable bonds is 0. The number of amides is 1. The monoisotopic (exact) mass is 226 g/mol. The normalized spacial score (nSPS) is 38.9. The van der Waals surface area contributed by atoms with Crippen LogP contribution in [0.5, 0.6) is 0 Å². The Bertz CT molecular complexity index is 311. The van der Waals surface area contributed by atoms with Gasteiger partial charge in [0.2, 0.25) is 0 Å². The topological polar surface area (TPSA) is 66.6 Å². The van der Waals surface area contributed by atoms with Gasteiger partial charge in [0.05, 0.1) is 5.54 Å². The van der Waals surface area contributed by atoms with E-state index in [1.165, 1.54) is 0 Å². The molecule has 3 N–H and O–H groups in total. The van der Waals surface area contributed by atoms with Gasteiger partial charge >= 0.3 is 6.09 Å². The highest BCUT2D eigenvalue weighted by Gasteiger charge is 2.58. The van der Waals surface area contributed by atoms with E-state index in [4.69, 9.17) is 5.73 Å². The van der Waals surface area contributed by atoms with Gasteiger partial charge in [0.1, 0.15) is 0 Å². The zero-order valence-corrected chi connectivity index (χ0v) is 10.4. The lowest BCUT2D eigenvalue weighted by Gasteiger charge is -2.52. The second-order valence-corrected chi connectivity index (χ2v) is 6.33. The van der Waals surface area contributed by atoms with Crippen LogP contribution in [0.4, 0.5) is 4.79 Å². The third-order valence-electron chi connectivity index (χ3n) is 4.49. The molecule has 2 fully saturated rings. The summed E-state index contributed by atoms with van der Waals surface area (Å²) in [7, 11) is 0. The van der Waals surface area contributed by atoms with Crippen LogP contribution in [-0.2, 0) is 0 Å². The van der Waals surface area contributed by atoms with E-state index in [-0.39, 0.29) is 23.0 Å². The Labute approximate surface area is 96.8 Å². The largest absolute Gasteiger partial charge is 0.465 e. The average Bonchev–Trinajstić information content (AvgIpc) is 2.35. The fourth-order valence-corrected chi connectivity index (χ4v) is 3.68. The van der Waals surface area contributed by atoms with Gasteiger partial charge in [0, 0.05) is 12.1 Å². The molecular weight excluding hydrogens is 204 g/mol. The van der Waals surface area contributed by atoms with Crippen molar-refractivity contribution in [2.45, 2.75) is 64.1 Å². The first kappa shape index (κ1) is 11.7. The molecule has 0 aliphatic carbocycles. The molecule has 4 heteroatoms. The van der Waals surface area contributed by atoms with Gasteiger partial charge in [-0.1, -0.05) is 20.8 Å². The molecule has 0 saturated carbocycles. The van der Waals surface area contributed by atoms with E-state index < -0.39 is 6.09 Å². The minimum Gasteiger partial charge on any atom is -0.465 e. The number of carboxylic acid groups (broad SMARTS) is 1. The molecule has 2 rings (SSSR count). The lowest BCUT2D eigenvalue weighted by Crippen LogP contribution is -2.63. The van der Waals surface area contributed by atoms with Crippen molar-refractivity contribution in [2.24, 2.45) is 11.1 Å². The van der Waals surface area contributed by atoms with E-state index >= 15 is 0 Å². The van der Waals surface area contributed by atoms with Gasteiger partial charge in [-0.2, -0.15) is 0 Å². The highest BCUT2D eigenvalue weighted by Crippen LogP contribution is 2.52. The molecule has 2 bridgehead atoms. The summed E-state index contributed by atoms with van der Waals surface area (Å²) in [6.07, 6.45) is 2.78. The van der Waals surface area contributed by atoms with E-state index in [9.17, 15) is 9.90 Å². The second-order valence-electron chi connectivity index (χ2n) is 6.33. The van der Waals surface area contributed by atoms with Crippen molar-refractivity contribution in [3.05, 3.63) is 0 Å². The number of nitrogens with zero attached hydrogens (tertiary/aromatic N) is 1. The maximum absolute atomic E-state index is 11.5. The Kier molecular flexibility index (Phi) is 2.46. The minimum absolute atomic E-state index is 0.0435. The molecule has 0 unspecified atom stereocenters. The van der Waals surface area contributed by atoms with Crippen molar-refractivity contribution in [1.82, 2.24) is 4.90 Å². The first-order chi connectivity index (χ1) is 7.28. The van der Waals surface area contributed by atoms with Crippen LogP contribution in [0.3, 0.4) is 0 Å². The summed E-state index contributed by atoms with van der Waals surface area (Å²) in [5.41, 5.74) is 5.79. The summed E-state index contributed by atoms with van der Waals surface area (Å²) < 4.78 is 0. The summed E-state index contributed by atoms with van der Waals surface area (Å²) in [5.74, 6) is 0. The van der Waals surface area contributed by atoms with Gasteiger partial charge in [0.25, 0.3) is 0 Å². The Morgan fingerprint density at radius 1 is 1.50 bits per heavy atom. The van der Waals surface area contributed by atoms with Crippen LogP contribution in [0.25, 0.3) is 0 Å². The third-order valence-corrected chi connectivity index (χ3v) is 4.49. The zero-order chi connectivity index (χ0) is 12.1. The number of carbonyl (C=O) groups is 1. The first-order valence-corrected chi connectivity index (χ1v) is 6.06. The molecule has 0 spiro atoms. The molecule has 0 aromatic carbocycles. The van der Waals surface area contributed by atoms with Crippen LogP contribution in [-0.4, -0.2) is 33.7 Å². The molecule has 2 saturated heterocycles. The van der Waals surface area contributed by atoms with Crippen LogP contribution in [0.1, 0.15) is 46.5 Å². The van der Waals surface area contributed by atoms with Gasteiger partial charge < -0.3 is 10.8 Å². The van der Waals surface area contributed by atoms with Crippen LogP contribution >= 0.6 is 0 Å². The van der Waals surface area contributed by atoms with Crippen molar-refractivity contribution >= 4 is 6.09 Å². The Hall–Kier alpha value is -0.770. The number of hydrogen-bond acceptors (Lipinski definition) is 2. The lowest BCUT2D eigenvalue weighted by molar-refractivity contribution is -0.0197. The van der Waals surface area contributed by atoms with E-state index in [2.05, 4.69) is 20.8 Å². The molecule has 4 nitrogen and oxygen atoms in total. The molecule has 92 valence electrons. The highest BCUT2D eigenvalue weighted by atomic mass is 16.4. The third kappa shape index (κ3) is 1.43. The molecular formula is C12H22N2O2. The van der Waals surface area contributed by atoms with Crippen molar-refractivity contribution in [1.29, 1.82) is 0 Å². The Balaban J connectivity index is 2.42. The SMILES string of the molecule is CC(C)(C)[C@@]12CC[C@@H](C[C@H](N)C1)N2C(=O)O. The fourth-order valence-electron chi connectivity index (χ4n) is 3.68. The smallest absolute Gasteiger partial charge is 0.408 e. The highest BCUT2D eigenvalue weighted by molar-refractivity contribution is 5.68. The van der Waals surface area contributed by atoms with Crippen molar-refractivity contribution in [3.63, 3.8) is 0 Å². The Morgan fingerprint density at radius 3 is 2.62 bits per heavy atom. The summed E-state index contributed by atoms with van der Waals surface area (Å²) in [5, 5.41) is 9.42. The molecule has 3 atom stereocenters. The van der Waals surface area contributed by atoms with E-state index in [1.807, 2.05) is 0 Å². The van der Waals surface area contributed by atoms with Gasteiger partial charge in [0.15, 0.2) is 0 Å². The van der Waals surface area contributed by atoms with Gasteiger partial charge in [-0.15, -0.1) is 0 Å². The van der Waals surface area contributed by atoms with Gasteiger partial charge in [-0.25, -0.2) is 4.79 Å². The molecule has 16 heavy (non-hydrogen) atoms. The van der Waals surface area contributed by atoms with E-state index in [0.717, 1.165) is 25.7 Å². The quantitative estimate of drug-likeness (QED) is 0.664. The van der Waals surface area contributed by atoms with Gasteiger partial charge in [-0.05, 0) is 31.1 Å². The summed E-state index contributed by atoms with van der Waals surface area (Å²) in [6.45, 7) is 6.38. The second kappa shape index (κ2) is 3.36. The summed E-state index contributed by atoms with van der Waals surface area (Å²) in [4.78, 5) is 13.2. The number of fused-ring (bicyclic) bond motifs is 2. The van der Waals surface area contributed by atoms with Crippen LogP contribution in [0.15, 0.2) is 0 Å². The number of piperidine rings is 1. The number of hydrogen-bond donors (Lipinski definition) is 2. The summed E-state index contributed by atoms with van der Waals surface area (Å²) >= 11 is 0. The molecule has 0 radical (unpaired) electrons. The maximum atomic E-state index is 11.5. The first-order valence-electron chi connectivity index (χ1n) is 6.06. The fraction of sp³-hybridized carbons (Fsp3) is 0.917. The molecule has 2 aliphatic rings. The molecule has 2 heterocycles.